The Morgan fingerprint density at radius 2 is 1.63 bits per heavy atom. The van der Waals surface area contributed by atoms with Gasteiger partial charge in [-0.25, -0.2) is 13.6 Å². The zero-order chi connectivity index (χ0) is 29.5. The van der Waals surface area contributed by atoms with Crippen LogP contribution in [0.3, 0.4) is 0 Å². The molecule has 6 nitrogen and oxygen atoms in total. The van der Waals surface area contributed by atoms with E-state index in [4.69, 9.17) is 4.74 Å². The molecule has 4 aromatic rings. The summed E-state index contributed by atoms with van der Waals surface area (Å²) in [6.07, 6.45) is 3.05. The first-order valence-corrected chi connectivity index (χ1v) is 14.0. The molecule has 0 fully saturated rings. The second-order valence-corrected chi connectivity index (χ2v) is 10.2. The number of nitrogens with zero attached hydrogens (tertiary/aromatic N) is 2. The second-order valence-electron chi connectivity index (χ2n) is 10.2. The fourth-order valence-electron chi connectivity index (χ4n) is 5.15. The molecule has 0 aliphatic heterocycles. The van der Waals surface area contributed by atoms with Gasteiger partial charge in [-0.1, -0.05) is 74.4 Å². The maximum atomic E-state index is 15.6. The van der Waals surface area contributed by atoms with E-state index < -0.39 is 22.9 Å². The minimum absolute atomic E-state index is 0.0168. The lowest BCUT2D eigenvalue weighted by molar-refractivity contribution is 0.387. The molecular weight excluding hydrogens is 524 g/mol. The number of ether oxygens (including phenoxy) is 1. The van der Waals surface area contributed by atoms with E-state index in [0.29, 0.717) is 17.7 Å². The van der Waals surface area contributed by atoms with Gasteiger partial charge >= 0.3 is 5.69 Å². The smallest absolute Gasteiger partial charge is 0.331 e. The normalized spacial score (nSPS) is 12.0. The van der Waals surface area contributed by atoms with Gasteiger partial charge in [0.25, 0.3) is 5.56 Å². The van der Waals surface area contributed by atoms with Crippen molar-refractivity contribution in [1.82, 2.24) is 14.5 Å². The van der Waals surface area contributed by atoms with E-state index in [2.05, 4.69) is 12.2 Å². The summed E-state index contributed by atoms with van der Waals surface area (Å²) in [4.78, 5) is 28.1. The van der Waals surface area contributed by atoms with Gasteiger partial charge in [0.2, 0.25) is 0 Å². The van der Waals surface area contributed by atoms with Crippen molar-refractivity contribution in [3.05, 3.63) is 122 Å². The Hall–Kier alpha value is -4.04. The van der Waals surface area contributed by atoms with E-state index in [0.717, 1.165) is 29.4 Å². The molecule has 41 heavy (non-hydrogen) atoms. The van der Waals surface area contributed by atoms with Crippen LogP contribution < -0.4 is 21.3 Å². The molecule has 0 aliphatic rings. The molecule has 0 bridgehead atoms. The van der Waals surface area contributed by atoms with E-state index in [-0.39, 0.29) is 41.7 Å². The number of aryl methyl sites for hydroxylation is 1. The van der Waals surface area contributed by atoms with Crippen molar-refractivity contribution in [3.63, 3.8) is 0 Å². The van der Waals surface area contributed by atoms with E-state index >= 15 is 4.39 Å². The first-order chi connectivity index (χ1) is 19.8. The van der Waals surface area contributed by atoms with Crippen molar-refractivity contribution >= 4 is 0 Å². The van der Waals surface area contributed by atoms with E-state index in [1.807, 2.05) is 30.3 Å². The Bertz CT molecular complexity index is 1590. The van der Waals surface area contributed by atoms with Crippen LogP contribution in [0.25, 0.3) is 11.1 Å². The summed E-state index contributed by atoms with van der Waals surface area (Å²) in [6, 6.07) is 18.5. The Balaban J connectivity index is 1.93. The highest BCUT2D eigenvalue weighted by molar-refractivity contribution is 5.67. The lowest BCUT2D eigenvalue weighted by Gasteiger charge is -2.23. The second kappa shape index (κ2) is 13.5. The van der Waals surface area contributed by atoms with Crippen LogP contribution in [0.15, 0.2) is 76.3 Å². The van der Waals surface area contributed by atoms with Gasteiger partial charge in [-0.15, -0.1) is 0 Å². The van der Waals surface area contributed by atoms with Crippen molar-refractivity contribution in [1.29, 1.82) is 0 Å². The molecular formula is C33H37F2N3O3. The summed E-state index contributed by atoms with van der Waals surface area (Å²) in [5, 5.41) is 3.50. The third-order valence-electron chi connectivity index (χ3n) is 7.55. The Kier molecular flexibility index (Phi) is 9.89. The maximum absolute atomic E-state index is 15.6. The van der Waals surface area contributed by atoms with Crippen LogP contribution in [-0.4, -0.2) is 22.8 Å². The van der Waals surface area contributed by atoms with Crippen molar-refractivity contribution in [3.8, 4) is 16.9 Å². The van der Waals surface area contributed by atoms with Gasteiger partial charge in [-0.05, 0) is 50.1 Å². The number of hydrogen-bond acceptors (Lipinski definition) is 4. The van der Waals surface area contributed by atoms with Crippen molar-refractivity contribution in [2.45, 2.75) is 59.2 Å². The first-order valence-electron chi connectivity index (χ1n) is 14.0. The predicted octanol–water partition coefficient (Wildman–Crippen LogP) is 6.15. The molecule has 1 atom stereocenters. The fourth-order valence-corrected chi connectivity index (χ4v) is 5.15. The van der Waals surface area contributed by atoms with Crippen molar-refractivity contribution < 1.29 is 13.5 Å². The monoisotopic (exact) mass is 561 g/mol. The number of hydrogen-bond donors (Lipinski definition) is 1. The Labute approximate surface area is 239 Å². The molecule has 216 valence electrons. The molecule has 0 spiro atoms. The van der Waals surface area contributed by atoms with Gasteiger partial charge in [0.15, 0.2) is 11.6 Å². The summed E-state index contributed by atoms with van der Waals surface area (Å²) in [7, 11) is 1.35. The molecule has 0 aliphatic carbocycles. The topological polar surface area (TPSA) is 65.3 Å². The highest BCUT2D eigenvalue weighted by atomic mass is 19.1. The summed E-state index contributed by atoms with van der Waals surface area (Å²) in [5.41, 5.74) is 1.02. The average Bonchev–Trinajstić information content (AvgIpc) is 2.97. The minimum atomic E-state index is -0.702. The zero-order valence-electron chi connectivity index (χ0n) is 24.0. The fraction of sp³-hybridized carbons (Fsp3) is 0.333. The summed E-state index contributed by atoms with van der Waals surface area (Å²) < 4.78 is 38.2. The van der Waals surface area contributed by atoms with E-state index in [1.165, 1.54) is 29.9 Å². The van der Waals surface area contributed by atoms with Gasteiger partial charge in [0.05, 0.1) is 31.8 Å². The summed E-state index contributed by atoms with van der Waals surface area (Å²) >= 11 is 0. The number of methoxy groups -OCH3 is 1. The maximum Gasteiger partial charge on any atom is 0.331 e. The molecule has 0 saturated heterocycles. The third kappa shape index (κ3) is 6.49. The first kappa shape index (κ1) is 29.9. The molecule has 4 rings (SSSR count). The number of rotatable bonds is 12. The lowest BCUT2D eigenvalue weighted by atomic mass is 10.0. The van der Waals surface area contributed by atoms with Gasteiger partial charge in [-0.2, -0.15) is 0 Å². The van der Waals surface area contributed by atoms with E-state index in [9.17, 15) is 14.0 Å². The minimum Gasteiger partial charge on any atom is -0.494 e. The van der Waals surface area contributed by atoms with Crippen molar-refractivity contribution in [2.24, 2.45) is 0 Å². The molecule has 1 aromatic heterocycles. The molecule has 8 heteroatoms. The van der Waals surface area contributed by atoms with Crippen LogP contribution in [0.1, 0.15) is 54.6 Å². The SMILES string of the molecule is CCCCCN[C@@H](Cn1c(=O)c(-c2cccc(OC)c2F)c(C)n(Cc2c(C)cccc2F)c1=O)c1ccccc1. The quantitative estimate of drug-likeness (QED) is 0.211. The number of aromatic nitrogens is 2. The molecule has 3 aromatic carbocycles. The molecule has 1 heterocycles. The molecule has 1 N–H and O–H groups in total. The number of benzene rings is 3. The van der Waals surface area contributed by atoms with Crippen LogP contribution in [-0.2, 0) is 13.1 Å². The summed E-state index contributed by atoms with van der Waals surface area (Å²) in [6.45, 7) is 6.09. The number of nitrogens with one attached hydrogen (secondary N) is 1. The van der Waals surface area contributed by atoms with Gasteiger partial charge < -0.3 is 10.1 Å². The zero-order valence-corrected chi connectivity index (χ0v) is 24.0. The summed E-state index contributed by atoms with van der Waals surface area (Å²) in [5.74, 6) is -1.18. The third-order valence-corrected chi connectivity index (χ3v) is 7.55. The molecule has 0 radical (unpaired) electrons. The molecule has 0 unspecified atom stereocenters. The van der Waals surface area contributed by atoms with Crippen LogP contribution >= 0.6 is 0 Å². The van der Waals surface area contributed by atoms with E-state index in [1.54, 1.807) is 32.0 Å². The van der Waals surface area contributed by atoms with Gasteiger partial charge in [-0.3, -0.25) is 13.9 Å². The Morgan fingerprint density at radius 1 is 0.902 bits per heavy atom. The highest BCUT2D eigenvalue weighted by Crippen LogP contribution is 2.29. The number of halogens is 2. The average molecular weight is 562 g/mol. The standard InChI is InChI=1S/C33H37F2N3O3/c1-5-6-10-19-36-28(24-14-8-7-9-15-24)21-38-32(39)30(25-16-12-18-29(41-4)31(25)35)23(3)37(33(38)40)20-26-22(2)13-11-17-27(26)34/h7-9,11-18,28,36H,5-6,10,19-21H2,1-4H3/t28-/m0/s1. The predicted molar refractivity (Wildman–Crippen MR) is 159 cm³/mol. The lowest BCUT2D eigenvalue weighted by Crippen LogP contribution is -2.45. The Morgan fingerprint density at radius 3 is 2.32 bits per heavy atom. The van der Waals surface area contributed by atoms with Crippen LogP contribution in [0.2, 0.25) is 0 Å². The van der Waals surface area contributed by atoms with Gasteiger partial charge in [0.1, 0.15) is 5.82 Å². The van der Waals surface area contributed by atoms with Gasteiger partial charge in [0, 0.05) is 16.8 Å². The van der Waals surface area contributed by atoms with Crippen molar-refractivity contribution in [2.75, 3.05) is 13.7 Å². The molecule has 0 saturated carbocycles. The van der Waals surface area contributed by atoms with Crippen LogP contribution in [0.4, 0.5) is 8.78 Å². The highest BCUT2D eigenvalue weighted by Gasteiger charge is 2.24. The molecule has 0 amide bonds. The van der Waals surface area contributed by atoms with Crippen LogP contribution in [0, 0.1) is 25.5 Å². The van der Waals surface area contributed by atoms with Crippen LogP contribution in [0.5, 0.6) is 5.75 Å². The largest absolute Gasteiger partial charge is 0.494 e. The number of unbranched alkanes of at least 4 members (excludes halogenated alkanes) is 2.